The SMILES string of the molecule is OC[C@H]1CCCN(c2cc(-c3cnc4ccc(C(F)F)nn34)ncn2)C1. The molecule has 1 aliphatic rings. The van der Waals surface area contributed by atoms with Crippen LogP contribution in [0.4, 0.5) is 14.6 Å². The first-order valence-corrected chi connectivity index (χ1v) is 8.47. The van der Waals surface area contributed by atoms with Crippen LogP contribution in [0, 0.1) is 5.92 Å². The smallest absolute Gasteiger partial charge is 0.282 e. The number of piperidine rings is 1. The van der Waals surface area contributed by atoms with Gasteiger partial charge in [-0.05, 0) is 30.9 Å². The van der Waals surface area contributed by atoms with E-state index in [2.05, 4.69) is 25.0 Å². The molecule has 3 aromatic heterocycles. The monoisotopic (exact) mass is 360 g/mol. The lowest BCUT2D eigenvalue weighted by atomic mass is 9.99. The number of aliphatic hydroxyl groups is 1. The van der Waals surface area contributed by atoms with Crippen molar-refractivity contribution in [3.8, 4) is 11.4 Å². The molecule has 4 rings (SSSR count). The number of aromatic nitrogens is 5. The topological polar surface area (TPSA) is 79.4 Å². The van der Waals surface area contributed by atoms with Gasteiger partial charge in [-0.2, -0.15) is 5.10 Å². The Morgan fingerprint density at radius 2 is 2.12 bits per heavy atom. The average Bonchev–Trinajstić information content (AvgIpc) is 3.11. The van der Waals surface area contributed by atoms with Gasteiger partial charge in [-0.15, -0.1) is 0 Å². The Hall–Kier alpha value is -2.68. The predicted molar refractivity (Wildman–Crippen MR) is 91.0 cm³/mol. The van der Waals surface area contributed by atoms with Crippen LogP contribution in [0.15, 0.2) is 30.7 Å². The van der Waals surface area contributed by atoms with Crippen LogP contribution in [0.2, 0.25) is 0 Å². The molecule has 1 N–H and O–H groups in total. The summed E-state index contributed by atoms with van der Waals surface area (Å²) < 4.78 is 27.3. The quantitative estimate of drug-likeness (QED) is 0.769. The summed E-state index contributed by atoms with van der Waals surface area (Å²) in [6, 6.07) is 4.58. The molecule has 0 unspecified atom stereocenters. The highest BCUT2D eigenvalue weighted by Crippen LogP contribution is 2.26. The lowest BCUT2D eigenvalue weighted by Gasteiger charge is -2.32. The molecule has 3 aromatic rings. The van der Waals surface area contributed by atoms with Crippen molar-refractivity contribution >= 4 is 11.5 Å². The normalized spacial score (nSPS) is 18.0. The Kier molecular flexibility index (Phi) is 4.46. The largest absolute Gasteiger partial charge is 0.396 e. The number of imidazole rings is 1. The second-order valence-corrected chi connectivity index (χ2v) is 6.37. The minimum Gasteiger partial charge on any atom is -0.396 e. The number of anilines is 1. The van der Waals surface area contributed by atoms with Gasteiger partial charge in [0.1, 0.15) is 23.5 Å². The summed E-state index contributed by atoms with van der Waals surface area (Å²) >= 11 is 0. The number of alkyl halides is 2. The molecule has 0 saturated carbocycles. The fourth-order valence-electron chi connectivity index (χ4n) is 3.26. The minimum absolute atomic E-state index is 0.155. The van der Waals surface area contributed by atoms with Crippen molar-refractivity contribution in [3.05, 3.63) is 36.4 Å². The Balaban J connectivity index is 1.70. The third kappa shape index (κ3) is 3.10. The van der Waals surface area contributed by atoms with Gasteiger partial charge in [0.2, 0.25) is 0 Å². The van der Waals surface area contributed by atoms with Crippen molar-refractivity contribution in [1.29, 1.82) is 0 Å². The molecule has 1 fully saturated rings. The van der Waals surface area contributed by atoms with Crippen LogP contribution in [-0.2, 0) is 0 Å². The average molecular weight is 360 g/mol. The highest BCUT2D eigenvalue weighted by atomic mass is 19.3. The number of halogens is 2. The molecule has 1 aliphatic heterocycles. The van der Waals surface area contributed by atoms with E-state index in [1.165, 1.54) is 23.0 Å². The fourth-order valence-corrected chi connectivity index (χ4v) is 3.26. The maximum absolute atomic E-state index is 13.0. The van der Waals surface area contributed by atoms with Crippen LogP contribution in [-0.4, -0.2) is 49.4 Å². The molecule has 0 aliphatic carbocycles. The van der Waals surface area contributed by atoms with Gasteiger partial charge in [0.05, 0.1) is 11.9 Å². The lowest BCUT2D eigenvalue weighted by Crippen LogP contribution is -2.37. The number of hydrogen-bond acceptors (Lipinski definition) is 6. The van der Waals surface area contributed by atoms with E-state index in [1.54, 1.807) is 12.3 Å². The van der Waals surface area contributed by atoms with Gasteiger partial charge in [0, 0.05) is 25.8 Å². The van der Waals surface area contributed by atoms with Crippen molar-refractivity contribution in [2.45, 2.75) is 19.3 Å². The first-order valence-electron chi connectivity index (χ1n) is 8.47. The molecule has 0 amide bonds. The highest BCUT2D eigenvalue weighted by Gasteiger charge is 2.21. The zero-order valence-electron chi connectivity index (χ0n) is 14.0. The Labute approximate surface area is 148 Å². The Morgan fingerprint density at radius 1 is 1.23 bits per heavy atom. The number of nitrogens with zero attached hydrogens (tertiary/aromatic N) is 6. The second kappa shape index (κ2) is 6.91. The van der Waals surface area contributed by atoms with E-state index in [-0.39, 0.29) is 18.2 Å². The van der Waals surface area contributed by atoms with Crippen LogP contribution in [0.1, 0.15) is 25.0 Å². The molecule has 26 heavy (non-hydrogen) atoms. The Bertz CT molecular complexity index is 915. The zero-order valence-corrected chi connectivity index (χ0v) is 14.0. The molecular formula is C17H18F2N6O. The van der Waals surface area contributed by atoms with Gasteiger partial charge in [-0.1, -0.05) is 0 Å². The van der Waals surface area contributed by atoms with Gasteiger partial charge < -0.3 is 10.0 Å². The molecule has 1 atom stereocenters. The summed E-state index contributed by atoms with van der Waals surface area (Å²) in [5.41, 5.74) is 1.25. The molecule has 0 aromatic carbocycles. The van der Waals surface area contributed by atoms with Crippen molar-refractivity contribution in [3.63, 3.8) is 0 Å². The van der Waals surface area contributed by atoms with Gasteiger partial charge in [0.25, 0.3) is 6.43 Å². The van der Waals surface area contributed by atoms with Gasteiger partial charge in [0.15, 0.2) is 5.65 Å². The minimum atomic E-state index is -2.65. The zero-order chi connectivity index (χ0) is 18.1. The molecule has 0 bridgehead atoms. The number of fused-ring (bicyclic) bond motifs is 1. The molecule has 7 nitrogen and oxygen atoms in total. The standard InChI is InChI=1S/C17H18F2N6O/c18-17(19)12-3-4-15-20-7-14(25(15)23-12)13-6-16(22-10-21-13)24-5-1-2-11(8-24)9-26/h3-4,6-7,10-11,17,26H,1-2,5,8-9H2/t11-/m0/s1. The first kappa shape index (κ1) is 16.8. The summed E-state index contributed by atoms with van der Waals surface area (Å²) in [6.07, 6.45) is 2.34. The maximum Gasteiger partial charge on any atom is 0.282 e. The third-order valence-corrected chi connectivity index (χ3v) is 4.62. The van der Waals surface area contributed by atoms with Crippen molar-refractivity contribution in [2.24, 2.45) is 5.92 Å². The van der Waals surface area contributed by atoms with Gasteiger partial charge in [-0.25, -0.2) is 28.2 Å². The van der Waals surface area contributed by atoms with E-state index >= 15 is 0 Å². The fraction of sp³-hybridized carbons (Fsp3) is 0.412. The molecule has 1 saturated heterocycles. The molecule has 136 valence electrons. The second-order valence-electron chi connectivity index (χ2n) is 6.37. The number of rotatable bonds is 4. The van der Waals surface area contributed by atoms with Gasteiger partial charge in [-0.3, -0.25) is 0 Å². The van der Waals surface area contributed by atoms with Crippen molar-refractivity contribution in [2.75, 3.05) is 24.6 Å². The molecule has 0 spiro atoms. The Morgan fingerprint density at radius 3 is 2.92 bits per heavy atom. The van der Waals surface area contributed by atoms with Crippen LogP contribution >= 0.6 is 0 Å². The van der Waals surface area contributed by atoms with Crippen LogP contribution in [0.3, 0.4) is 0 Å². The van der Waals surface area contributed by atoms with Crippen LogP contribution < -0.4 is 4.90 Å². The maximum atomic E-state index is 13.0. The van der Waals surface area contributed by atoms with Crippen LogP contribution in [0.5, 0.6) is 0 Å². The van der Waals surface area contributed by atoms with Crippen molar-refractivity contribution in [1.82, 2.24) is 24.6 Å². The van der Waals surface area contributed by atoms with E-state index in [0.717, 1.165) is 31.7 Å². The van der Waals surface area contributed by atoms with Gasteiger partial charge >= 0.3 is 0 Å². The highest BCUT2D eigenvalue weighted by molar-refractivity contribution is 5.62. The molecule has 0 radical (unpaired) electrons. The molecule has 9 heteroatoms. The third-order valence-electron chi connectivity index (χ3n) is 4.62. The lowest BCUT2D eigenvalue weighted by molar-refractivity contribution is 0.144. The van der Waals surface area contributed by atoms with Crippen LogP contribution in [0.25, 0.3) is 17.0 Å². The summed E-state index contributed by atoms with van der Waals surface area (Å²) in [5, 5.41) is 13.4. The first-order chi connectivity index (χ1) is 12.7. The van der Waals surface area contributed by atoms with Crippen molar-refractivity contribution < 1.29 is 13.9 Å². The molecule has 4 heterocycles. The van der Waals surface area contributed by atoms with E-state index in [4.69, 9.17) is 0 Å². The van der Waals surface area contributed by atoms with E-state index in [9.17, 15) is 13.9 Å². The number of aliphatic hydroxyl groups excluding tert-OH is 1. The summed E-state index contributed by atoms with van der Waals surface area (Å²) in [7, 11) is 0. The van der Waals surface area contributed by atoms with E-state index in [1.807, 2.05) is 0 Å². The summed E-state index contributed by atoms with van der Waals surface area (Å²) in [5.74, 6) is 0.973. The predicted octanol–water partition coefficient (Wildman–Crippen LogP) is 2.33. The summed E-state index contributed by atoms with van der Waals surface area (Å²) in [6.45, 7) is 1.74. The number of hydrogen-bond donors (Lipinski definition) is 1. The van der Waals surface area contributed by atoms with E-state index in [0.29, 0.717) is 17.0 Å². The van der Waals surface area contributed by atoms with E-state index < -0.39 is 6.43 Å². The molecular weight excluding hydrogens is 342 g/mol. The summed E-state index contributed by atoms with van der Waals surface area (Å²) in [4.78, 5) is 14.9.